The molecule has 0 aliphatic carbocycles. The van der Waals surface area contributed by atoms with E-state index in [9.17, 15) is 14.0 Å². The van der Waals surface area contributed by atoms with Crippen LogP contribution in [0.15, 0.2) is 42.6 Å². The van der Waals surface area contributed by atoms with E-state index in [1.54, 1.807) is 23.2 Å². The van der Waals surface area contributed by atoms with Crippen molar-refractivity contribution >= 4 is 17.5 Å². The molecule has 1 fully saturated rings. The van der Waals surface area contributed by atoms with E-state index in [1.165, 1.54) is 24.3 Å². The van der Waals surface area contributed by atoms with Crippen LogP contribution in [-0.2, 0) is 4.79 Å². The average Bonchev–Trinajstić information content (AvgIpc) is 2.70. The number of anilines is 1. The third-order valence-corrected chi connectivity index (χ3v) is 4.44. The predicted molar refractivity (Wildman–Crippen MR) is 103 cm³/mol. The Morgan fingerprint density at radius 1 is 1.14 bits per heavy atom. The Labute approximate surface area is 163 Å². The van der Waals surface area contributed by atoms with Gasteiger partial charge in [-0.25, -0.2) is 9.37 Å². The molecule has 1 aliphatic rings. The van der Waals surface area contributed by atoms with Crippen LogP contribution in [0.1, 0.15) is 17.3 Å². The van der Waals surface area contributed by atoms with Crippen LogP contribution >= 0.6 is 0 Å². The van der Waals surface area contributed by atoms with Gasteiger partial charge in [0, 0.05) is 38.1 Å². The number of nitrogens with one attached hydrogen (secondary N) is 1. The van der Waals surface area contributed by atoms with E-state index in [2.05, 4.69) is 10.3 Å². The first-order valence-electron chi connectivity index (χ1n) is 9.21. The standard InChI is InChI=1S/C20H23FN4O3/c1-2-28-19-17(4-3-9-22-19)20(27)25-12-10-24(11-13-25)14-18(26)23-16-7-5-15(21)6-8-16/h3-9H,2,10-14H2,1H3,(H,23,26). The Morgan fingerprint density at radius 3 is 2.54 bits per heavy atom. The lowest BCUT2D eigenvalue weighted by atomic mass is 10.2. The van der Waals surface area contributed by atoms with Crippen LogP contribution in [0.3, 0.4) is 0 Å². The zero-order valence-electron chi connectivity index (χ0n) is 15.7. The highest BCUT2D eigenvalue weighted by molar-refractivity contribution is 5.96. The summed E-state index contributed by atoms with van der Waals surface area (Å²) in [6.45, 7) is 4.72. The van der Waals surface area contributed by atoms with Gasteiger partial charge in [-0.3, -0.25) is 14.5 Å². The zero-order valence-corrected chi connectivity index (χ0v) is 15.7. The first-order chi connectivity index (χ1) is 13.6. The highest BCUT2D eigenvalue weighted by atomic mass is 19.1. The predicted octanol–water partition coefficient (Wildman–Crippen LogP) is 2.02. The van der Waals surface area contributed by atoms with Crippen molar-refractivity contribution in [3.05, 3.63) is 54.0 Å². The molecule has 3 rings (SSSR count). The molecule has 1 N–H and O–H groups in total. The van der Waals surface area contributed by atoms with E-state index in [1.807, 2.05) is 11.8 Å². The Morgan fingerprint density at radius 2 is 1.86 bits per heavy atom. The average molecular weight is 386 g/mol. The van der Waals surface area contributed by atoms with Crippen LogP contribution in [0.4, 0.5) is 10.1 Å². The van der Waals surface area contributed by atoms with E-state index < -0.39 is 0 Å². The number of pyridine rings is 1. The lowest BCUT2D eigenvalue weighted by Gasteiger charge is -2.34. The van der Waals surface area contributed by atoms with Crippen molar-refractivity contribution in [2.45, 2.75) is 6.92 Å². The van der Waals surface area contributed by atoms with Crippen molar-refractivity contribution in [1.82, 2.24) is 14.8 Å². The summed E-state index contributed by atoms with van der Waals surface area (Å²) in [7, 11) is 0. The summed E-state index contributed by atoms with van der Waals surface area (Å²) >= 11 is 0. The number of nitrogens with zero attached hydrogens (tertiary/aromatic N) is 3. The molecule has 0 radical (unpaired) electrons. The molecule has 1 aromatic carbocycles. The van der Waals surface area contributed by atoms with Crippen LogP contribution in [-0.4, -0.2) is 65.9 Å². The molecule has 7 nitrogen and oxygen atoms in total. The SMILES string of the molecule is CCOc1ncccc1C(=O)N1CCN(CC(=O)Nc2ccc(F)cc2)CC1. The van der Waals surface area contributed by atoms with Gasteiger partial charge in [0.1, 0.15) is 11.4 Å². The fraction of sp³-hybridized carbons (Fsp3) is 0.350. The topological polar surface area (TPSA) is 74.8 Å². The zero-order chi connectivity index (χ0) is 19.9. The van der Waals surface area contributed by atoms with Gasteiger partial charge < -0.3 is 15.0 Å². The number of ether oxygens (including phenoxy) is 1. The maximum Gasteiger partial charge on any atom is 0.259 e. The van der Waals surface area contributed by atoms with E-state index in [-0.39, 0.29) is 24.2 Å². The molecule has 0 bridgehead atoms. The van der Waals surface area contributed by atoms with Crippen molar-refractivity contribution in [1.29, 1.82) is 0 Å². The molecule has 1 aromatic heterocycles. The van der Waals surface area contributed by atoms with Crippen molar-refractivity contribution in [3.8, 4) is 5.88 Å². The lowest BCUT2D eigenvalue weighted by Crippen LogP contribution is -2.50. The molecule has 0 unspecified atom stereocenters. The number of hydrogen-bond acceptors (Lipinski definition) is 5. The van der Waals surface area contributed by atoms with Gasteiger partial charge in [0.2, 0.25) is 11.8 Å². The van der Waals surface area contributed by atoms with Crippen molar-refractivity contribution in [3.63, 3.8) is 0 Å². The van der Waals surface area contributed by atoms with Crippen molar-refractivity contribution < 1.29 is 18.7 Å². The number of benzene rings is 1. The van der Waals surface area contributed by atoms with E-state index in [0.29, 0.717) is 49.9 Å². The van der Waals surface area contributed by atoms with Gasteiger partial charge in [0.25, 0.3) is 5.91 Å². The minimum atomic E-state index is -0.347. The van der Waals surface area contributed by atoms with Crippen LogP contribution in [0, 0.1) is 5.82 Å². The van der Waals surface area contributed by atoms with Crippen molar-refractivity contribution in [2.24, 2.45) is 0 Å². The van der Waals surface area contributed by atoms with Crippen LogP contribution in [0.5, 0.6) is 5.88 Å². The molecular weight excluding hydrogens is 363 g/mol. The number of carbonyl (C=O) groups is 2. The fourth-order valence-electron chi connectivity index (χ4n) is 3.02. The Bertz CT molecular complexity index is 820. The summed E-state index contributed by atoms with van der Waals surface area (Å²) in [6.07, 6.45) is 1.60. The van der Waals surface area contributed by atoms with Gasteiger partial charge in [-0.15, -0.1) is 0 Å². The van der Waals surface area contributed by atoms with E-state index >= 15 is 0 Å². The number of aromatic nitrogens is 1. The second-order valence-electron chi connectivity index (χ2n) is 6.41. The molecule has 28 heavy (non-hydrogen) atoms. The maximum atomic E-state index is 12.9. The molecular formula is C20H23FN4O3. The number of amides is 2. The Kier molecular flexibility index (Phi) is 6.54. The van der Waals surface area contributed by atoms with Crippen molar-refractivity contribution in [2.75, 3.05) is 44.6 Å². The molecule has 2 amide bonds. The molecule has 1 saturated heterocycles. The fourth-order valence-corrected chi connectivity index (χ4v) is 3.02. The molecule has 0 saturated carbocycles. The molecule has 2 aromatic rings. The van der Waals surface area contributed by atoms with Crippen LogP contribution in [0.2, 0.25) is 0 Å². The number of piperazine rings is 1. The summed E-state index contributed by atoms with van der Waals surface area (Å²) in [6, 6.07) is 9.07. The smallest absolute Gasteiger partial charge is 0.259 e. The summed E-state index contributed by atoms with van der Waals surface area (Å²) in [5.41, 5.74) is 1.01. The van der Waals surface area contributed by atoms with Gasteiger partial charge in [0.15, 0.2) is 0 Å². The quantitative estimate of drug-likeness (QED) is 0.822. The summed E-state index contributed by atoms with van der Waals surface area (Å²) in [5.74, 6) is -0.291. The molecule has 8 heteroatoms. The number of carbonyl (C=O) groups excluding carboxylic acids is 2. The normalized spacial score (nSPS) is 14.6. The molecule has 148 valence electrons. The number of rotatable bonds is 6. The summed E-state index contributed by atoms with van der Waals surface area (Å²) < 4.78 is 18.4. The highest BCUT2D eigenvalue weighted by Gasteiger charge is 2.25. The van der Waals surface area contributed by atoms with Crippen LogP contribution in [0.25, 0.3) is 0 Å². The third kappa shape index (κ3) is 5.04. The largest absolute Gasteiger partial charge is 0.477 e. The van der Waals surface area contributed by atoms with E-state index in [4.69, 9.17) is 4.74 Å². The highest BCUT2D eigenvalue weighted by Crippen LogP contribution is 2.18. The van der Waals surface area contributed by atoms with Gasteiger partial charge >= 0.3 is 0 Å². The summed E-state index contributed by atoms with van der Waals surface area (Å²) in [4.78, 5) is 32.8. The number of hydrogen-bond donors (Lipinski definition) is 1. The molecule has 2 heterocycles. The molecule has 0 spiro atoms. The van der Waals surface area contributed by atoms with Gasteiger partial charge in [0.05, 0.1) is 13.2 Å². The van der Waals surface area contributed by atoms with Gasteiger partial charge in [-0.2, -0.15) is 0 Å². The minimum Gasteiger partial charge on any atom is -0.477 e. The minimum absolute atomic E-state index is 0.119. The second kappa shape index (κ2) is 9.27. The van der Waals surface area contributed by atoms with Gasteiger partial charge in [-0.1, -0.05) is 0 Å². The molecule has 0 atom stereocenters. The third-order valence-electron chi connectivity index (χ3n) is 4.44. The summed E-state index contributed by atoms with van der Waals surface area (Å²) in [5, 5.41) is 2.75. The molecule has 1 aliphatic heterocycles. The Hall–Kier alpha value is -3.00. The first-order valence-corrected chi connectivity index (χ1v) is 9.21. The lowest BCUT2D eigenvalue weighted by molar-refractivity contribution is -0.117. The monoisotopic (exact) mass is 386 g/mol. The Balaban J connectivity index is 1.51. The van der Waals surface area contributed by atoms with E-state index in [0.717, 1.165) is 0 Å². The van der Waals surface area contributed by atoms with Gasteiger partial charge in [-0.05, 0) is 43.3 Å². The van der Waals surface area contributed by atoms with Crippen LogP contribution < -0.4 is 10.1 Å². The first kappa shape index (κ1) is 19.8. The maximum absolute atomic E-state index is 12.9. The second-order valence-corrected chi connectivity index (χ2v) is 6.41. The number of halogens is 1.